The normalized spacial score (nSPS) is 14.4. The van der Waals surface area contributed by atoms with E-state index < -0.39 is 0 Å². The molecule has 28 heavy (non-hydrogen) atoms. The number of benzene rings is 2. The number of carbonyl (C=O) groups excluding carboxylic acids is 1. The minimum absolute atomic E-state index is 0.0743. The molecule has 2 aromatic carbocycles. The maximum Gasteiger partial charge on any atom is 0.268 e. The molecule has 1 aliphatic heterocycles. The maximum atomic E-state index is 12.6. The molecule has 5 heteroatoms. The summed E-state index contributed by atoms with van der Waals surface area (Å²) in [6.45, 7) is 4.87. The lowest BCUT2D eigenvalue weighted by Crippen LogP contribution is -2.29. The summed E-state index contributed by atoms with van der Waals surface area (Å²) >= 11 is 6.07. The average molecular weight is 396 g/mol. The predicted molar refractivity (Wildman–Crippen MR) is 117 cm³/mol. The minimum Gasteiger partial charge on any atom is -0.372 e. The molecular weight excluding hydrogens is 370 g/mol. The summed E-state index contributed by atoms with van der Waals surface area (Å²) in [7, 11) is 0. The predicted octanol–water partition coefficient (Wildman–Crippen LogP) is 5.09. The second-order valence-corrected chi connectivity index (χ2v) is 7.97. The number of fused-ring (bicyclic) bond motifs is 1. The molecule has 4 nitrogen and oxygen atoms in total. The van der Waals surface area contributed by atoms with Gasteiger partial charge in [0.15, 0.2) is 0 Å². The Kier molecular flexibility index (Phi) is 5.58. The summed E-state index contributed by atoms with van der Waals surface area (Å²) in [5.74, 6) is -0.0743. The minimum atomic E-state index is -0.0743. The van der Waals surface area contributed by atoms with Crippen molar-refractivity contribution >= 4 is 34.1 Å². The molecule has 0 radical (unpaired) electrons. The first kappa shape index (κ1) is 18.9. The van der Waals surface area contributed by atoms with Crippen LogP contribution in [0.15, 0.2) is 42.5 Å². The maximum absolute atomic E-state index is 12.6. The summed E-state index contributed by atoms with van der Waals surface area (Å²) in [6, 6.07) is 14.4. The highest BCUT2D eigenvalue weighted by atomic mass is 35.5. The van der Waals surface area contributed by atoms with E-state index in [2.05, 4.69) is 39.5 Å². The van der Waals surface area contributed by atoms with Gasteiger partial charge in [-0.05, 0) is 74.1 Å². The van der Waals surface area contributed by atoms with Crippen LogP contribution in [0.3, 0.4) is 0 Å². The molecule has 0 atom stereocenters. The first-order valence-corrected chi connectivity index (χ1v) is 10.4. The summed E-state index contributed by atoms with van der Waals surface area (Å²) < 4.78 is 0. The Labute approximate surface area is 170 Å². The largest absolute Gasteiger partial charge is 0.372 e. The van der Waals surface area contributed by atoms with E-state index in [1.165, 1.54) is 30.5 Å². The summed E-state index contributed by atoms with van der Waals surface area (Å²) in [4.78, 5) is 18.3. The number of nitrogens with one attached hydrogen (secondary N) is 2. The lowest BCUT2D eigenvalue weighted by molar-refractivity contribution is 0.0949. The third-order valence-electron chi connectivity index (χ3n) is 5.60. The number of anilines is 1. The molecule has 1 aromatic heterocycles. The molecule has 146 valence electrons. The Morgan fingerprint density at radius 1 is 1.11 bits per heavy atom. The molecule has 1 saturated heterocycles. The number of H-pyrrole nitrogens is 1. The van der Waals surface area contributed by atoms with Crippen LogP contribution in [-0.4, -0.2) is 30.5 Å². The van der Waals surface area contributed by atoms with Crippen LogP contribution in [0.2, 0.25) is 5.02 Å². The van der Waals surface area contributed by atoms with E-state index in [0.717, 1.165) is 36.0 Å². The van der Waals surface area contributed by atoms with Crippen LogP contribution in [0, 0.1) is 6.92 Å². The molecule has 1 aliphatic rings. The highest BCUT2D eigenvalue weighted by Crippen LogP contribution is 2.25. The molecule has 0 bridgehead atoms. The third-order valence-corrected chi connectivity index (χ3v) is 5.84. The van der Waals surface area contributed by atoms with Gasteiger partial charge in [0.05, 0.1) is 0 Å². The van der Waals surface area contributed by atoms with Crippen molar-refractivity contribution in [2.75, 3.05) is 24.5 Å². The number of rotatable bonds is 5. The zero-order valence-corrected chi connectivity index (χ0v) is 17.0. The number of hydrogen-bond donors (Lipinski definition) is 2. The van der Waals surface area contributed by atoms with E-state index in [0.29, 0.717) is 17.3 Å². The summed E-state index contributed by atoms with van der Waals surface area (Å²) in [5, 5.41) is 4.70. The van der Waals surface area contributed by atoms with Crippen molar-refractivity contribution in [3.63, 3.8) is 0 Å². The molecule has 0 unspecified atom stereocenters. The first-order chi connectivity index (χ1) is 13.6. The molecular formula is C23H26ClN3O. The highest BCUT2D eigenvalue weighted by Gasteiger charge is 2.15. The first-order valence-electron chi connectivity index (χ1n) is 10.0. The number of amides is 1. The van der Waals surface area contributed by atoms with Crippen LogP contribution in [0.4, 0.5) is 5.69 Å². The lowest BCUT2D eigenvalue weighted by atomic mass is 10.1. The van der Waals surface area contributed by atoms with E-state index in [9.17, 15) is 4.79 Å². The Morgan fingerprint density at radius 3 is 2.61 bits per heavy atom. The van der Waals surface area contributed by atoms with Gasteiger partial charge >= 0.3 is 0 Å². The fraction of sp³-hybridized carbons (Fsp3) is 0.348. The number of carbonyl (C=O) groups is 1. The van der Waals surface area contributed by atoms with Gasteiger partial charge in [-0.1, -0.05) is 23.7 Å². The van der Waals surface area contributed by atoms with Crippen molar-refractivity contribution in [1.82, 2.24) is 10.3 Å². The molecule has 3 aromatic rings. The second kappa shape index (κ2) is 8.27. The number of hydrogen-bond acceptors (Lipinski definition) is 2. The Morgan fingerprint density at radius 2 is 1.86 bits per heavy atom. The standard InChI is InChI=1S/C23H26ClN3O/c1-16-20-15-18(24)7-10-21(20)26-22(16)23(28)25-12-11-17-5-8-19(9-6-17)27-13-3-2-4-14-27/h5-10,15,26H,2-4,11-14H2,1H3,(H,25,28). The number of halogens is 1. The van der Waals surface area contributed by atoms with Crippen LogP contribution in [0.5, 0.6) is 0 Å². The van der Waals surface area contributed by atoms with Crippen LogP contribution < -0.4 is 10.2 Å². The Bertz CT molecular complexity index is 971. The van der Waals surface area contributed by atoms with Crippen LogP contribution in [0.1, 0.15) is 40.9 Å². The van der Waals surface area contributed by atoms with Crippen LogP contribution >= 0.6 is 11.6 Å². The van der Waals surface area contributed by atoms with Gasteiger partial charge in [0, 0.05) is 41.2 Å². The number of piperidine rings is 1. The number of nitrogens with zero attached hydrogens (tertiary/aromatic N) is 1. The molecule has 4 rings (SSSR count). The Balaban J connectivity index is 1.34. The molecule has 2 heterocycles. The van der Waals surface area contributed by atoms with Crippen molar-refractivity contribution < 1.29 is 4.79 Å². The number of aromatic nitrogens is 1. The average Bonchev–Trinajstić information content (AvgIpc) is 3.05. The van der Waals surface area contributed by atoms with E-state index >= 15 is 0 Å². The van der Waals surface area contributed by atoms with Gasteiger partial charge in [0.1, 0.15) is 5.69 Å². The van der Waals surface area contributed by atoms with Gasteiger partial charge in [-0.15, -0.1) is 0 Å². The van der Waals surface area contributed by atoms with Crippen LogP contribution in [-0.2, 0) is 6.42 Å². The smallest absolute Gasteiger partial charge is 0.268 e. The number of aryl methyl sites for hydroxylation is 1. The zero-order chi connectivity index (χ0) is 19.5. The SMILES string of the molecule is Cc1c(C(=O)NCCc2ccc(N3CCCCC3)cc2)[nH]c2ccc(Cl)cc12. The van der Waals surface area contributed by atoms with Gasteiger partial charge in [0.2, 0.25) is 0 Å². The van der Waals surface area contributed by atoms with Gasteiger partial charge in [-0.3, -0.25) is 4.79 Å². The van der Waals surface area contributed by atoms with Crippen molar-refractivity contribution in [3.05, 3.63) is 64.3 Å². The molecule has 1 fully saturated rings. The van der Waals surface area contributed by atoms with Gasteiger partial charge in [0.25, 0.3) is 5.91 Å². The Hall–Kier alpha value is -2.46. The highest BCUT2D eigenvalue weighted by molar-refractivity contribution is 6.31. The lowest BCUT2D eigenvalue weighted by Gasteiger charge is -2.28. The topological polar surface area (TPSA) is 48.1 Å². The van der Waals surface area contributed by atoms with Gasteiger partial charge < -0.3 is 15.2 Å². The van der Waals surface area contributed by atoms with E-state index in [4.69, 9.17) is 11.6 Å². The van der Waals surface area contributed by atoms with Crippen molar-refractivity contribution in [3.8, 4) is 0 Å². The van der Waals surface area contributed by atoms with Crippen molar-refractivity contribution in [1.29, 1.82) is 0 Å². The zero-order valence-electron chi connectivity index (χ0n) is 16.2. The van der Waals surface area contributed by atoms with Crippen molar-refractivity contribution in [2.45, 2.75) is 32.6 Å². The van der Waals surface area contributed by atoms with E-state index in [-0.39, 0.29) is 5.91 Å². The summed E-state index contributed by atoms with van der Waals surface area (Å²) in [5.41, 5.74) is 5.01. The molecule has 0 saturated carbocycles. The molecule has 0 spiro atoms. The van der Waals surface area contributed by atoms with E-state index in [1.54, 1.807) is 0 Å². The molecule has 2 N–H and O–H groups in total. The summed E-state index contributed by atoms with van der Waals surface area (Å²) in [6.07, 6.45) is 4.73. The second-order valence-electron chi connectivity index (χ2n) is 7.53. The van der Waals surface area contributed by atoms with Crippen molar-refractivity contribution in [2.24, 2.45) is 0 Å². The third kappa shape index (κ3) is 4.02. The molecule has 1 amide bonds. The monoisotopic (exact) mass is 395 g/mol. The quantitative estimate of drug-likeness (QED) is 0.631. The van der Waals surface area contributed by atoms with Gasteiger partial charge in [-0.2, -0.15) is 0 Å². The van der Waals surface area contributed by atoms with Gasteiger partial charge in [-0.25, -0.2) is 0 Å². The fourth-order valence-electron chi connectivity index (χ4n) is 3.96. The number of aromatic amines is 1. The van der Waals surface area contributed by atoms with Crippen LogP contribution in [0.25, 0.3) is 10.9 Å². The fourth-order valence-corrected chi connectivity index (χ4v) is 4.13. The molecule has 0 aliphatic carbocycles. The van der Waals surface area contributed by atoms with E-state index in [1.807, 2.05) is 25.1 Å².